The Morgan fingerprint density at radius 1 is 1.27 bits per heavy atom. The summed E-state index contributed by atoms with van der Waals surface area (Å²) in [6.45, 7) is 6.11. The Hall–Kier alpha value is -1.65. The van der Waals surface area contributed by atoms with Crippen molar-refractivity contribution in [3.63, 3.8) is 0 Å². The van der Waals surface area contributed by atoms with Crippen LogP contribution in [0.15, 0.2) is 41.8 Å². The molecule has 2 unspecified atom stereocenters. The minimum absolute atomic E-state index is 0.00901. The first kappa shape index (κ1) is 15.3. The third kappa shape index (κ3) is 3.08. The molecule has 0 aliphatic carbocycles. The van der Waals surface area contributed by atoms with Gasteiger partial charge in [0.2, 0.25) is 0 Å². The molecule has 0 saturated carbocycles. The maximum atomic E-state index is 12.1. The van der Waals surface area contributed by atoms with Gasteiger partial charge in [-0.1, -0.05) is 18.2 Å². The number of fused-ring (bicyclic) bond motifs is 1. The molecule has 0 fully saturated rings. The molecule has 1 aliphatic heterocycles. The van der Waals surface area contributed by atoms with Crippen LogP contribution in [0, 0.1) is 0 Å². The van der Waals surface area contributed by atoms with E-state index in [1.54, 1.807) is 0 Å². The Morgan fingerprint density at radius 3 is 2.82 bits per heavy atom. The van der Waals surface area contributed by atoms with Crippen LogP contribution in [0.1, 0.15) is 40.7 Å². The van der Waals surface area contributed by atoms with Gasteiger partial charge in [-0.25, -0.2) is 0 Å². The fraction of sp³-hybridized carbons (Fsp3) is 0.389. The highest BCUT2D eigenvalue weighted by molar-refractivity contribution is 7.10. The topological polar surface area (TPSA) is 32.3 Å². The van der Waals surface area contributed by atoms with E-state index >= 15 is 0 Å². The van der Waals surface area contributed by atoms with Crippen LogP contribution in [0.5, 0.6) is 0 Å². The van der Waals surface area contributed by atoms with E-state index in [0.29, 0.717) is 18.6 Å². The largest absolute Gasteiger partial charge is 0.351 e. The summed E-state index contributed by atoms with van der Waals surface area (Å²) in [5.74, 6) is 0.00901. The molecule has 0 saturated heterocycles. The molecule has 1 aliphatic rings. The highest BCUT2D eigenvalue weighted by Gasteiger charge is 2.29. The van der Waals surface area contributed by atoms with Crippen molar-refractivity contribution in [1.29, 1.82) is 0 Å². The number of carbonyl (C=O) groups excluding carboxylic acids is 1. The molecule has 22 heavy (non-hydrogen) atoms. The minimum atomic E-state index is 0.00901. The lowest BCUT2D eigenvalue weighted by Gasteiger charge is -2.38. The fourth-order valence-electron chi connectivity index (χ4n) is 3.25. The van der Waals surface area contributed by atoms with Gasteiger partial charge in [0, 0.05) is 35.6 Å². The number of hydrogen-bond acceptors (Lipinski definition) is 3. The Labute approximate surface area is 136 Å². The van der Waals surface area contributed by atoms with Gasteiger partial charge in [0.15, 0.2) is 0 Å². The summed E-state index contributed by atoms with van der Waals surface area (Å²) in [4.78, 5) is 16.0. The van der Waals surface area contributed by atoms with Crippen molar-refractivity contribution < 1.29 is 4.79 Å². The van der Waals surface area contributed by atoms with Crippen LogP contribution in [-0.2, 0) is 6.42 Å². The Bertz CT molecular complexity index is 638. The van der Waals surface area contributed by atoms with Gasteiger partial charge < -0.3 is 5.32 Å². The highest BCUT2D eigenvalue weighted by Crippen LogP contribution is 2.35. The van der Waals surface area contributed by atoms with Crippen molar-refractivity contribution >= 4 is 17.2 Å². The standard InChI is InChI=1S/C18H22N2OS/c1-13-12-16-8-11-22-17(16)14(2)20(13)10-9-19-18(21)15-6-4-3-5-7-15/h3-8,11,13-14H,9-10,12H2,1-2H3,(H,19,21). The van der Waals surface area contributed by atoms with E-state index in [-0.39, 0.29) is 5.91 Å². The number of thiophene rings is 1. The molecule has 2 atom stereocenters. The molecule has 2 heterocycles. The number of amides is 1. The van der Waals surface area contributed by atoms with Gasteiger partial charge in [-0.15, -0.1) is 11.3 Å². The average molecular weight is 314 g/mol. The SMILES string of the molecule is CC1Cc2ccsc2C(C)N1CCNC(=O)c1ccccc1. The van der Waals surface area contributed by atoms with Crippen LogP contribution in [0.4, 0.5) is 0 Å². The molecule has 1 aromatic carbocycles. The van der Waals surface area contributed by atoms with Crippen molar-refractivity contribution in [3.8, 4) is 0 Å². The average Bonchev–Trinajstić information content (AvgIpc) is 2.99. The van der Waals surface area contributed by atoms with Crippen molar-refractivity contribution in [3.05, 3.63) is 57.8 Å². The summed E-state index contributed by atoms with van der Waals surface area (Å²) < 4.78 is 0. The number of benzene rings is 1. The zero-order chi connectivity index (χ0) is 15.5. The second-order valence-corrected chi connectivity index (χ2v) is 6.85. The van der Waals surface area contributed by atoms with Crippen LogP contribution in [0.2, 0.25) is 0 Å². The Morgan fingerprint density at radius 2 is 2.05 bits per heavy atom. The minimum Gasteiger partial charge on any atom is -0.351 e. The van der Waals surface area contributed by atoms with Gasteiger partial charge in [-0.05, 0) is 49.4 Å². The molecular weight excluding hydrogens is 292 g/mol. The summed E-state index contributed by atoms with van der Waals surface area (Å²) in [6, 6.07) is 12.6. The lowest BCUT2D eigenvalue weighted by Crippen LogP contribution is -2.44. The Kier molecular flexibility index (Phi) is 4.60. The third-order valence-electron chi connectivity index (χ3n) is 4.43. The van der Waals surface area contributed by atoms with Gasteiger partial charge in [0.05, 0.1) is 0 Å². The summed E-state index contributed by atoms with van der Waals surface area (Å²) in [5.41, 5.74) is 2.22. The number of nitrogens with zero attached hydrogens (tertiary/aromatic N) is 1. The first-order chi connectivity index (χ1) is 10.7. The molecular formula is C18H22N2OS. The molecule has 3 rings (SSSR count). The number of nitrogens with one attached hydrogen (secondary N) is 1. The molecule has 2 aromatic rings. The first-order valence-electron chi connectivity index (χ1n) is 7.82. The van der Waals surface area contributed by atoms with Gasteiger partial charge in [-0.3, -0.25) is 9.69 Å². The Balaban J connectivity index is 1.57. The van der Waals surface area contributed by atoms with E-state index in [0.717, 1.165) is 18.5 Å². The molecule has 4 heteroatoms. The van der Waals surface area contributed by atoms with Gasteiger partial charge in [0.1, 0.15) is 0 Å². The molecule has 116 valence electrons. The molecule has 1 amide bonds. The molecule has 0 bridgehead atoms. The van der Waals surface area contributed by atoms with Crippen LogP contribution < -0.4 is 5.32 Å². The second kappa shape index (κ2) is 6.63. The van der Waals surface area contributed by atoms with Gasteiger partial charge in [0.25, 0.3) is 5.91 Å². The summed E-state index contributed by atoms with van der Waals surface area (Å²) in [7, 11) is 0. The lowest BCUT2D eigenvalue weighted by molar-refractivity contribution is 0.0930. The van der Waals surface area contributed by atoms with E-state index in [1.165, 1.54) is 10.4 Å². The zero-order valence-electron chi connectivity index (χ0n) is 13.1. The van der Waals surface area contributed by atoms with Crippen molar-refractivity contribution in [2.24, 2.45) is 0 Å². The fourth-order valence-corrected chi connectivity index (χ4v) is 4.27. The monoisotopic (exact) mass is 314 g/mol. The number of carbonyl (C=O) groups is 1. The smallest absolute Gasteiger partial charge is 0.251 e. The van der Waals surface area contributed by atoms with Gasteiger partial charge in [-0.2, -0.15) is 0 Å². The van der Waals surface area contributed by atoms with Crippen molar-refractivity contribution in [2.45, 2.75) is 32.4 Å². The summed E-state index contributed by atoms with van der Waals surface area (Å²) >= 11 is 1.85. The molecule has 0 spiro atoms. The van der Waals surface area contributed by atoms with Crippen molar-refractivity contribution in [2.75, 3.05) is 13.1 Å². The van der Waals surface area contributed by atoms with Crippen LogP contribution in [-0.4, -0.2) is 29.9 Å². The maximum absolute atomic E-state index is 12.1. The van der Waals surface area contributed by atoms with Crippen LogP contribution in [0.25, 0.3) is 0 Å². The first-order valence-corrected chi connectivity index (χ1v) is 8.70. The highest BCUT2D eigenvalue weighted by atomic mass is 32.1. The summed E-state index contributed by atoms with van der Waals surface area (Å²) in [6.07, 6.45) is 1.11. The van der Waals surface area contributed by atoms with Crippen LogP contribution in [0.3, 0.4) is 0 Å². The lowest BCUT2D eigenvalue weighted by atomic mass is 9.97. The van der Waals surface area contributed by atoms with E-state index in [2.05, 4.69) is 35.5 Å². The quantitative estimate of drug-likeness (QED) is 0.937. The van der Waals surface area contributed by atoms with E-state index in [4.69, 9.17) is 0 Å². The van der Waals surface area contributed by atoms with E-state index in [9.17, 15) is 4.79 Å². The van der Waals surface area contributed by atoms with E-state index < -0.39 is 0 Å². The number of hydrogen-bond donors (Lipinski definition) is 1. The van der Waals surface area contributed by atoms with E-state index in [1.807, 2.05) is 41.7 Å². The summed E-state index contributed by atoms with van der Waals surface area (Å²) in [5, 5.41) is 5.22. The molecule has 1 aromatic heterocycles. The molecule has 1 N–H and O–H groups in total. The number of rotatable bonds is 4. The zero-order valence-corrected chi connectivity index (χ0v) is 13.9. The van der Waals surface area contributed by atoms with Crippen molar-refractivity contribution in [1.82, 2.24) is 10.2 Å². The normalized spacial score (nSPS) is 21.4. The van der Waals surface area contributed by atoms with Gasteiger partial charge >= 0.3 is 0 Å². The molecule has 0 radical (unpaired) electrons. The maximum Gasteiger partial charge on any atom is 0.251 e. The molecule has 3 nitrogen and oxygen atoms in total. The predicted molar refractivity (Wildman–Crippen MR) is 91.4 cm³/mol. The third-order valence-corrected chi connectivity index (χ3v) is 5.56. The van der Waals surface area contributed by atoms with Crippen LogP contribution >= 0.6 is 11.3 Å². The second-order valence-electron chi connectivity index (χ2n) is 5.90. The predicted octanol–water partition coefficient (Wildman–Crippen LogP) is 3.49.